The number of aliphatic carboxylic acids is 1. The van der Waals surface area contributed by atoms with Gasteiger partial charge in [0, 0.05) is 12.1 Å². The molecule has 2 N–H and O–H groups in total. The number of hydrogen-bond donors (Lipinski definition) is 2. The number of carboxylic acids is 1. The van der Waals surface area contributed by atoms with Crippen LogP contribution in [0.15, 0.2) is 48.5 Å². The Hall–Kier alpha value is -2.24. The molecule has 0 bridgehead atoms. The fraction of sp³-hybridized carbons (Fsp3) is 0.278. The van der Waals surface area contributed by atoms with E-state index < -0.39 is 5.97 Å². The maximum absolute atomic E-state index is 10.6. The second-order valence-electron chi connectivity index (χ2n) is 5.06. The van der Waals surface area contributed by atoms with Crippen molar-refractivity contribution in [3.63, 3.8) is 0 Å². The third-order valence-electron chi connectivity index (χ3n) is 3.39. The van der Waals surface area contributed by atoms with Crippen LogP contribution in [0.1, 0.15) is 11.1 Å². The first-order chi connectivity index (χ1) is 11.2. The summed E-state index contributed by atoms with van der Waals surface area (Å²) in [6.07, 6.45) is 0.905. The summed E-state index contributed by atoms with van der Waals surface area (Å²) >= 11 is 0. The predicted octanol–water partition coefficient (Wildman–Crippen LogP) is 2.91. The minimum Gasteiger partial charge on any atom is -0.497 e. The zero-order valence-electron chi connectivity index (χ0n) is 13.5. The van der Waals surface area contributed by atoms with E-state index >= 15 is 0 Å². The first kappa shape index (κ1) is 19.8. The van der Waals surface area contributed by atoms with Crippen LogP contribution < -0.4 is 14.8 Å². The number of para-hydroxylation sites is 1. The molecule has 5 nitrogen and oxygen atoms in total. The zero-order valence-corrected chi connectivity index (χ0v) is 14.3. The van der Waals surface area contributed by atoms with E-state index in [1.54, 1.807) is 13.2 Å². The molecule has 0 aliphatic heterocycles. The van der Waals surface area contributed by atoms with E-state index in [9.17, 15) is 4.79 Å². The molecule has 0 spiro atoms. The quantitative estimate of drug-likeness (QED) is 0.680. The molecule has 0 aliphatic carbocycles. The first-order valence-electron chi connectivity index (χ1n) is 7.45. The first-order valence-corrected chi connectivity index (χ1v) is 7.45. The average Bonchev–Trinajstić information content (AvgIpc) is 2.58. The standard InChI is InChI=1S/C18H21NO4.ClH/c1-22-16-8-6-14(7-9-16)10-11-19-12-15-4-2-3-5-17(15)23-13-18(20)21;/h2-9,19H,10-13H2,1H3,(H,20,21);1H. The van der Waals surface area contributed by atoms with Gasteiger partial charge in [-0.25, -0.2) is 4.79 Å². The van der Waals surface area contributed by atoms with Crippen LogP contribution in [0, 0.1) is 0 Å². The van der Waals surface area contributed by atoms with Crippen molar-refractivity contribution in [3.8, 4) is 11.5 Å². The van der Waals surface area contributed by atoms with Gasteiger partial charge in [0.05, 0.1) is 7.11 Å². The van der Waals surface area contributed by atoms with Gasteiger partial charge in [-0.2, -0.15) is 0 Å². The van der Waals surface area contributed by atoms with E-state index in [1.807, 2.05) is 42.5 Å². The monoisotopic (exact) mass is 351 g/mol. The molecule has 2 aromatic rings. The number of rotatable bonds is 9. The Kier molecular flexibility index (Phi) is 8.68. The van der Waals surface area contributed by atoms with Crippen LogP contribution >= 0.6 is 12.4 Å². The Morgan fingerprint density at radius 3 is 2.50 bits per heavy atom. The van der Waals surface area contributed by atoms with Crippen LogP contribution in [-0.2, 0) is 17.8 Å². The summed E-state index contributed by atoms with van der Waals surface area (Å²) < 4.78 is 10.4. The maximum Gasteiger partial charge on any atom is 0.341 e. The Labute approximate surface area is 148 Å². The lowest BCUT2D eigenvalue weighted by Crippen LogP contribution is -2.18. The zero-order chi connectivity index (χ0) is 16.5. The Morgan fingerprint density at radius 2 is 1.83 bits per heavy atom. The summed E-state index contributed by atoms with van der Waals surface area (Å²) in [5.74, 6) is 0.477. The van der Waals surface area contributed by atoms with Crippen LogP contribution in [0.5, 0.6) is 11.5 Å². The largest absolute Gasteiger partial charge is 0.497 e. The molecule has 24 heavy (non-hydrogen) atoms. The van der Waals surface area contributed by atoms with E-state index in [1.165, 1.54) is 5.56 Å². The number of carbonyl (C=O) groups is 1. The Morgan fingerprint density at radius 1 is 1.12 bits per heavy atom. The third-order valence-corrected chi connectivity index (χ3v) is 3.39. The number of halogens is 1. The van der Waals surface area contributed by atoms with Crippen molar-refractivity contribution in [1.82, 2.24) is 5.32 Å². The van der Waals surface area contributed by atoms with Crippen molar-refractivity contribution in [2.75, 3.05) is 20.3 Å². The van der Waals surface area contributed by atoms with Gasteiger partial charge >= 0.3 is 5.97 Å². The highest BCUT2D eigenvalue weighted by molar-refractivity contribution is 5.85. The Bertz CT molecular complexity index is 631. The summed E-state index contributed by atoms with van der Waals surface area (Å²) in [5.41, 5.74) is 2.18. The van der Waals surface area contributed by atoms with E-state index in [-0.39, 0.29) is 19.0 Å². The van der Waals surface area contributed by atoms with Crippen LogP contribution in [0.4, 0.5) is 0 Å². The second kappa shape index (κ2) is 10.5. The van der Waals surface area contributed by atoms with Gasteiger partial charge in [0.25, 0.3) is 0 Å². The lowest BCUT2D eigenvalue weighted by atomic mass is 10.1. The molecule has 6 heteroatoms. The van der Waals surface area contributed by atoms with Crippen molar-refractivity contribution < 1.29 is 19.4 Å². The topological polar surface area (TPSA) is 67.8 Å². The maximum atomic E-state index is 10.6. The van der Waals surface area contributed by atoms with Crippen molar-refractivity contribution in [1.29, 1.82) is 0 Å². The van der Waals surface area contributed by atoms with E-state index in [2.05, 4.69) is 5.32 Å². The van der Waals surface area contributed by atoms with Gasteiger partial charge < -0.3 is 19.9 Å². The molecule has 0 heterocycles. The van der Waals surface area contributed by atoms with Crippen molar-refractivity contribution in [2.24, 2.45) is 0 Å². The molecule has 2 aromatic carbocycles. The summed E-state index contributed by atoms with van der Waals surface area (Å²) in [6, 6.07) is 15.4. The number of benzene rings is 2. The summed E-state index contributed by atoms with van der Waals surface area (Å²) in [6.45, 7) is 1.12. The molecule has 2 rings (SSSR count). The minimum absolute atomic E-state index is 0. The molecule has 0 aliphatic rings. The summed E-state index contributed by atoms with van der Waals surface area (Å²) in [4.78, 5) is 10.6. The molecule has 0 radical (unpaired) electrons. The fourth-order valence-electron chi connectivity index (χ4n) is 2.18. The molecular weight excluding hydrogens is 330 g/mol. The highest BCUT2D eigenvalue weighted by Crippen LogP contribution is 2.17. The van der Waals surface area contributed by atoms with Crippen molar-refractivity contribution in [3.05, 3.63) is 59.7 Å². The predicted molar refractivity (Wildman–Crippen MR) is 95.2 cm³/mol. The molecular formula is C18H22ClNO4. The van der Waals surface area contributed by atoms with Crippen LogP contribution in [0.2, 0.25) is 0 Å². The smallest absolute Gasteiger partial charge is 0.341 e. The van der Waals surface area contributed by atoms with Gasteiger partial charge in [0.15, 0.2) is 6.61 Å². The van der Waals surface area contributed by atoms with Crippen molar-refractivity contribution in [2.45, 2.75) is 13.0 Å². The van der Waals surface area contributed by atoms with Crippen molar-refractivity contribution >= 4 is 18.4 Å². The highest BCUT2D eigenvalue weighted by Gasteiger charge is 2.05. The average molecular weight is 352 g/mol. The molecule has 0 atom stereocenters. The van der Waals surface area contributed by atoms with Gasteiger partial charge in [-0.3, -0.25) is 0 Å². The highest BCUT2D eigenvalue weighted by atomic mass is 35.5. The van der Waals surface area contributed by atoms with Crippen LogP contribution in [0.3, 0.4) is 0 Å². The number of methoxy groups -OCH3 is 1. The lowest BCUT2D eigenvalue weighted by molar-refractivity contribution is -0.139. The molecule has 0 fully saturated rings. The van der Waals surface area contributed by atoms with Gasteiger partial charge in [0.1, 0.15) is 11.5 Å². The van der Waals surface area contributed by atoms with Gasteiger partial charge in [0.2, 0.25) is 0 Å². The number of ether oxygens (including phenoxy) is 2. The number of nitrogens with one attached hydrogen (secondary N) is 1. The number of hydrogen-bond acceptors (Lipinski definition) is 4. The molecule has 0 aromatic heterocycles. The fourth-order valence-corrected chi connectivity index (χ4v) is 2.18. The summed E-state index contributed by atoms with van der Waals surface area (Å²) in [5, 5.41) is 12.0. The van der Waals surface area contributed by atoms with Crippen LogP contribution in [-0.4, -0.2) is 31.3 Å². The van der Waals surface area contributed by atoms with E-state index in [0.29, 0.717) is 12.3 Å². The molecule has 0 unspecified atom stereocenters. The normalized spacial score (nSPS) is 9.88. The number of carboxylic acid groups (broad SMARTS) is 1. The SMILES string of the molecule is COc1ccc(CCNCc2ccccc2OCC(=O)O)cc1.Cl. The third kappa shape index (κ3) is 6.48. The molecule has 0 saturated heterocycles. The Balaban J connectivity index is 0.00000288. The molecule has 0 saturated carbocycles. The van der Waals surface area contributed by atoms with Crippen LogP contribution in [0.25, 0.3) is 0 Å². The second-order valence-corrected chi connectivity index (χ2v) is 5.06. The van der Waals surface area contributed by atoms with Gasteiger partial charge in [-0.1, -0.05) is 30.3 Å². The van der Waals surface area contributed by atoms with Gasteiger partial charge in [-0.15, -0.1) is 12.4 Å². The molecule has 0 amide bonds. The molecule has 130 valence electrons. The lowest BCUT2D eigenvalue weighted by Gasteiger charge is -2.11. The summed E-state index contributed by atoms with van der Waals surface area (Å²) in [7, 11) is 1.65. The van der Waals surface area contributed by atoms with E-state index in [4.69, 9.17) is 14.6 Å². The van der Waals surface area contributed by atoms with Gasteiger partial charge in [-0.05, 0) is 36.7 Å². The minimum atomic E-state index is -0.979. The van der Waals surface area contributed by atoms with E-state index in [0.717, 1.165) is 24.3 Å².